The van der Waals surface area contributed by atoms with Gasteiger partial charge in [0.1, 0.15) is 6.10 Å². The van der Waals surface area contributed by atoms with Crippen LogP contribution in [0.3, 0.4) is 0 Å². The van der Waals surface area contributed by atoms with Crippen LogP contribution in [-0.2, 0) is 4.74 Å². The maximum absolute atomic E-state index is 6.30. The summed E-state index contributed by atoms with van der Waals surface area (Å²) in [5.74, 6) is 1.25. The van der Waals surface area contributed by atoms with Gasteiger partial charge in [-0.15, -0.1) is 0 Å². The van der Waals surface area contributed by atoms with Crippen molar-refractivity contribution in [2.45, 2.75) is 6.10 Å². The third-order valence-electron chi connectivity index (χ3n) is 2.84. The van der Waals surface area contributed by atoms with E-state index in [1.165, 1.54) is 0 Å². The average Bonchev–Trinajstić information content (AvgIpc) is 2.38. The summed E-state index contributed by atoms with van der Waals surface area (Å²) in [4.78, 5) is 0. The first kappa shape index (κ1) is 13.9. The molecule has 18 heavy (non-hydrogen) atoms. The van der Waals surface area contributed by atoms with Crippen LogP contribution in [0.1, 0.15) is 11.7 Å². The lowest BCUT2D eigenvalue weighted by molar-refractivity contribution is 0.0261. The van der Waals surface area contributed by atoms with Crippen LogP contribution in [-0.4, -0.2) is 33.9 Å². The lowest BCUT2D eigenvalue weighted by Gasteiger charge is -2.27. The fraction of sp³-hybridized carbons (Fsp3) is 0.500. The van der Waals surface area contributed by atoms with Crippen LogP contribution in [0.2, 0.25) is 5.02 Å². The summed E-state index contributed by atoms with van der Waals surface area (Å²) in [6.07, 6.45) is -0.122. The average molecular weight is 337 g/mol. The molecule has 0 aliphatic carbocycles. The van der Waals surface area contributed by atoms with Crippen LogP contribution >= 0.6 is 27.5 Å². The normalized spacial score (nSPS) is 19.7. The molecule has 1 aliphatic heterocycles. The van der Waals surface area contributed by atoms with Gasteiger partial charge in [0.05, 0.1) is 30.3 Å². The van der Waals surface area contributed by atoms with E-state index in [-0.39, 0.29) is 6.10 Å². The number of nitrogens with one attached hydrogen (secondary N) is 1. The van der Waals surface area contributed by atoms with E-state index in [1.807, 2.05) is 0 Å². The largest absolute Gasteiger partial charge is 0.492 e. The Balaban J connectivity index is 2.49. The fourth-order valence-corrected chi connectivity index (χ4v) is 3.06. The van der Waals surface area contributed by atoms with Crippen LogP contribution in [0, 0.1) is 0 Å². The number of morpholine rings is 1. The van der Waals surface area contributed by atoms with E-state index in [2.05, 4.69) is 21.2 Å². The second-order valence-electron chi connectivity index (χ2n) is 3.88. The zero-order chi connectivity index (χ0) is 13.1. The van der Waals surface area contributed by atoms with Crippen LogP contribution < -0.4 is 14.8 Å². The third-order valence-corrected chi connectivity index (χ3v) is 3.74. The maximum atomic E-state index is 6.30. The molecule has 0 saturated carbocycles. The SMILES string of the molecule is COc1c(Br)cc(Cl)c(C2CNCCO2)c1OC. The topological polar surface area (TPSA) is 39.7 Å². The van der Waals surface area contributed by atoms with E-state index >= 15 is 0 Å². The van der Waals surface area contributed by atoms with Gasteiger partial charge in [0.2, 0.25) is 0 Å². The third kappa shape index (κ3) is 2.59. The van der Waals surface area contributed by atoms with Crippen LogP contribution in [0.15, 0.2) is 10.5 Å². The van der Waals surface area contributed by atoms with Crippen molar-refractivity contribution in [3.63, 3.8) is 0 Å². The first-order valence-electron chi connectivity index (χ1n) is 5.61. The molecule has 0 amide bonds. The first-order valence-corrected chi connectivity index (χ1v) is 6.78. The minimum Gasteiger partial charge on any atom is -0.492 e. The molecule has 1 aromatic rings. The molecule has 1 saturated heterocycles. The van der Waals surface area contributed by atoms with Crippen molar-refractivity contribution in [3.05, 3.63) is 21.1 Å². The lowest BCUT2D eigenvalue weighted by atomic mass is 10.1. The molecule has 100 valence electrons. The molecule has 1 unspecified atom stereocenters. The number of ether oxygens (including phenoxy) is 3. The minimum absolute atomic E-state index is 0.122. The van der Waals surface area contributed by atoms with Gasteiger partial charge in [-0.05, 0) is 22.0 Å². The van der Waals surface area contributed by atoms with Gasteiger partial charge < -0.3 is 19.5 Å². The molecule has 1 aromatic carbocycles. The molecule has 4 nitrogen and oxygen atoms in total. The predicted octanol–water partition coefficient (Wildman–Crippen LogP) is 2.78. The maximum Gasteiger partial charge on any atom is 0.175 e. The Morgan fingerprint density at radius 1 is 1.39 bits per heavy atom. The van der Waals surface area contributed by atoms with Crippen LogP contribution in [0.4, 0.5) is 0 Å². The lowest BCUT2D eigenvalue weighted by Crippen LogP contribution is -2.33. The molecule has 2 rings (SSSR count). The number of halogens is 2. The van der Waals surface area contributed by atoms with Gasteiger partial charge >= 0.3 is 0 Å². The molecular formula is C12H15BrClNO3. The van der Waals surface area contributed by atoms with E-state index in [1.54, 1.807) is 20.3 Å². The Kier molecular flexibility index (Phi) is 4.72. The van der Waals surface area contributed by atoms with Crippen molar-refractivity contribution in [1.29, 1.82) is 0 Å². The molecule has 1 atom stereocenters. The summed E-state index contributed by atoms with van der Waals surface area (Å²) in [6, 6.07) is 1.80. The van der Waals surface area contributed by atoms with E-state index < -0.39 is 0 Å². The minimum atomic E-state index is -0.122. The number of rotatable bonds is 3. The summed E-state index contributed by atoms with van der Waals surface area (Å²) in [6.45, 7) is 2.22. The Morgan fingerprint density at radius 2 is 2.11 bits per heavy atom. The fourth-order valence-electron chi connectivity index (χ4n) is 2.04. The van der Waals surface area contributed by atoms with E-state index in [0.29, 0.717) is 29.7 Å². The monoisotopic (exact) mass is 335 g/mol. The van der Waals surface area contributed by atoms with Crippen molar-refractivity contribution in [2.24, 2.45) is 0 Å². The molecule has 0 aromatic heterocycles. The molecular weight excluding hydrogens is 321 g/mol. The standard InChI is InChI=1S/C12H15BrClNO3/c1-16-11-7(13)5-8(14)10(12(11)17-2)9-6-15-3-4-18-9/h5,9,15H,3-4,6H2,1-2H3. The van der Waals surface area contributed by atoms with Gasteiger partial charge in [0.25, 0.3) is 0 Å². The molecule has 6 heteroatoms. The first-order chi connectivity index (χ1) is 8.69. The highest BCUT2D eigenvalue weighted by Crippen LogP contribution is 2.45. The quantitative estimate of drug-likeness (QED) is 0.921. The van der Waals surface area contributed by atoms with Gasteiger partial charge in [0, 0.05) is 18.7 Å². The number of hydrogen-bond donors (Lipinski definition) is 1. The number of hydrogen-bond acceptors (Lipinski definition) is 4. The summed E-state index contributed by atoms with van der Waals surface area (Å²) < 4.78 is 17.3. The highest BCUT2D eigenvalue weighted by Gasteiger charge is 2.26. The highest BCUT2D eigenvalue weighted by atomic mass is 79.9. The molecule has 1 aliphatic rings. The van der Waals surface area contributed by atoms with Gasteiger partial charge in [-0.3, -0.25) is 0 Å². The molecule has 0 spiro atoms. The summed E-state index contributed by atoms with van der Waals surface area (Å²) >= 11 is 9.71. The van der Waals surface area contributed by atoms with Crippen molar-refractivity contribution in [1.82, 2.24) is 5.32 Å². The van der Waals surface area contributed by atoms with Crippen molar-refractivity contribution in [3.8, 4) is 11.5 Å². The van der Waals surface area contributed by atoms with Crippen molar-refractivity contribution in [2.75, 3.05) is 33.9 Å². The Bertz CT molecular complexity index is 436. The van der Waals surface area contributed by atoms with Crippen molar-refractivity contribution >= 4 is 27.5 Å². The highest BCUT2D eigenvalue weighted by molar-refractivity contribution is 9.10. The van der Waals surface area contributed by atoms with E-state index in [0.717, 1.165) is 16.6 Å². The van der Waals surface area contributed by atoms with Gasteiger partial charge in [-0.1, -0.05) is 11.6 Å². The van der Waals surface area contributed by atoms with Gasteiger partial charge in [0.15, 0.2) is 11.5 Å². The van der Waals surface area contributed by atoms with E-state index in [9.17, 15) is 0 Å². The zero-order valence-electron chi connectivity index (χ0n) is 10.3. The van der Waals surface area contributed by atoms with Gasteiger partial charge in [-0.25, -0.2) is 0 Å². The predicted molar refractivity (Wildman–Crippen MR) is 73.8 cm³/mol. The van der Waals surface area contributed by atoms with Crippen LogP contribution in [0.25, 0.3) is 0 Å². The smallest absolute Gasteiger partial charge is 0.175 e. The molecule has 0 bridgehead atoms. The Labute approximate surface area is 120 Å². The summed E-state index contributed by atoms with van der Waals surface area (Å²) in [5.41, 5.74) is 0.825. The molecule has 0 radical (unpaired) electrons. The zero-order valence-corrected chi connectivity index (χ0v) is 12.6. The number of benzene rings is 1. The summed E-state index contributed by atoms with van der Waals surface area (Å²) in [5, 5.41) is 3.88. The Hall–Kier alpha value is -0.490. The second-order valence-corrected chi connectivity index (χ2v) is 5.15. The van der Waals surface area contributed by atoms with Crippen LogP contribution in [0.5, 0.6) is 11.5 Å². The van der Waals surface area contributed by atoms with Crippen molar-refractivity contribution < 1.29 is 14.2 Å². The second kappa shape index (κ2) is 6.10. The molecule has 1 fully saturated rings. The molecule has 1 heterocycles. The van der Waals surface area contributed by atoms with E-state index in [4.69, 9.17) is 25.8 Å². The summed E-state index contributed by atoms with van der Waals surface area (Å²) in [7, 11) is 3.20. The Morgan fingerprint density at radius 3 is 2.67 bits per heavy atom. The molecule has 1 N–H and O–H groups in total. The number of methoxy groups -OCH3 is 2. The van der Waals surface area contributed by atoms with Gasteiger partial charge in [-0.2, -0.15) is 0 Å².